The maximum absolute atomic E-state index is 11.2. The maximum Gasteiger partial charge on any atom is 0.325 e. The van der Waals surface area contributed by atoms with E-state index < -0.39 is 12.0 Å². The lowest BCUT2D eigenvalue weighted by molar-refractivity contribution is -0.139. The molecule has 18 heavy (non-hydrogen) atoms. The molecule has 1 aromatic rings. The first-order valence-corrected chi connectivity index (χ1v) is 6.29. The van der Waals surface area contributed by atoms with Crippen LogP contribution in [0.1, 0.15) is 37.8 Å². The zero-order chi connectivity index (χ0) is 13.4. The highest BCUT2D eigenvalue weighted by molar-refractivity contribution is 5.75. The number of unbranched alkanes of at least 4 members (excludes halogenated alkanes) is 2. The van der Waals surface area contributed by atoms with Crippen molar-refractivity contribution in [1.29, 1.82) is 0 Å². The molecule has 1 unspecified atom stereocenters. The zero-order valence-electron chi connectivity index (χ0n) is 11.0. The standard InChI is InChI=1S/C14H21NO3/c1-3-4-5-10-15-13(14(16)17)11-6-8-12(18-2)9-7-11/h6-9,13,15H,3-5,10H2,1-2H3,(H,16,17). The number of hydrogen-bond acceptors (Lipinski definition) is 3. The predicted molar refractivity (Wildman–Crippen MR) is 70.9 cm³/mol. The van der Waals surface area contributed by atoms with Gasteiger partial charge in [-0.25, -0.2) is 0 Å². The Morgan fingerprint density at radius 2 is 2.00 bits per heavy atom. The van der Waals surface area contributed by atoms with E-state index >= 15 is 0 Å². The van der Waals surface area contributed by atoms with Crippen LogP contribution in [-0.4, -0.2) is 24.7 Å². The highest BCUT2D eigenvalue weighted by atomic mass is 16.5. The molecule has 0 amide bonds. The number of methoxy groups -OCH3 is 1. The average molecular weight is 251 g/mol. The van der Waals surface area contributed by atoms with Gasteiger partial charge in [0.25, 0.3) is 0 Å². The second kappa shape index (κ2) is 7.71. The average Bonchev–Trinajstić information content (AvgIpc) is 2.39. The number of aliphatic carboxylic acids is 1. The Hall–Kier alpha value is -1.55. The first-order valence-electron chi connectivity index (χ1n) is 6.29. The van der Waals surface area contributed by atoms with Crippen LogP contribution in [0, 0.1) is 0 Å². The van der Waals surface area contributed by atoms with E-state index in [9.17, 15) is 9.90 Å². The monoisotopic (exact) mass is 251 g/mol. The lowest BCUT2D eigenvalue weighted by Gasteiger charge is -2.15. The smallest absolute Gasteiger partial charge is 0.325 e. The summed E-state index contributed by atoms with van der Waals surface area (Å²) in [6.45, 7) is 2.84. The third-order valence-electron chi connectivity index (χ3n) is 2.82. The van der Waals surface area contributed by atoms with Crippen molar-refractivity contribution in [3.63, 3.8) is 0 Å². The molecular weight excluding hydrogens is 230 g/mol. The van der Waals surface area contributed by atoms with Crippen LogP contribution in [0.25, 0.3) is 0 Å². The quantitative estimate of drug-likeness (QED) is 0.697. The molecule has 1 atom stereocenters. The topological polar surface area (TPSA) is 58.6 Å². The number of carboxylic acid groups (broad SMARTS) is 1. The molecule has 100 valence electrons. The van der Waals surface area contributed by atoms with E-state index in [-0.39, 0.29) is 0 Å². The summed E-state index contributed by atoms with van der Waals surface area (Å²) in [6, 6.07) is 6.47. The Kier molecular flexibility index (Phi) is 6.22. The van der Waals surface area contributed by atoms with Crippen molar-refractivity contribution >= 4 is 5.97 Å². The Balaban J connectivity index is 2.62. The molecule has 1 rings (SSSR count). The minimum absolute atomic E-state index is 0.646. The van der Waals surface area contributed by atoms with E-state index in [1.165, 1.54) is 0 Å². The second-order valence-corrected chi connectivity index (χ2v) is 4.21. The molecule has 2 N–H and O–H groups in total. The summed E-state index contributed by atoms with van der Waals surface area (Å²) in [4.78, 5) is 11.2. The van der Waals surface area contributed by atoms with Crippen LogP contribution < -0.4 is 10.1 Å². The van der Waals surface area contributed by atoms with Crippen LogP contribution in [-0.2, 0) is 4.79 Å². The van der Waals surface area contributed by atoms with E-state index in [1.54, 1.807) is 31.4 Å². The number of rotatable bonds is 8. The van der Waals surface area contributed by atoms with Crippen molar-refractivity contribution in [3.05, 3.63) is 29.8 Å². The number of carbonyl (C=O) groups is 1. The molecule has 0 bridgehead atoms. The van der Waals surface area contributed by atoms with Crippen molar-refractivity contribution in [2.24, 2.45) is 0 Å². The maximum atomic E-state index is 11.2. The van der Waals surface area contributed by atoms with Crippen LogP contribution >= 0.6 is 0 Å². The fourth-order valence-corrected chi connectivity index (χ4v) is 1.77. The summed E-state index contributed by atoms with van der Waals surface area (Å²) in [5.41, 5.74) is 0.750. The summed E-state index contributed by atoms with van der Waals surface area (Å²) in [5.74, 6) is -0.120. The minimum atomic E-state index is -0.850. The summed E-state index contributed by atoms with van der Waals surface area (Å²) in [6.07, 6.45) is 3.24. The van der Waals surface area contributed by atoms with Crippen LogP contribution in [0.4, 0.5) is 0 Å². The predicted octanol–water partition coefficient (Wildman–Crippen LogP) is 2.60. The molecule has 4 nitrogen and oxygen atoms in total. The molecule has 0 radical (unpaired) electrons. The number of benzene rings is 1. The summed E-state index contributed by atoms with van der Waals surface area (Å²) in [5, 5.41) is 12.3. The SMILES string of the molecule is CCCCCNC(C(=O)O)c1ccc(OC)cc1. The first-order chi connectivity index (χ1) is 8.69. The molecule has 0 aliphatic heterocycles. The fraction of sp³-hybridized carbons (Fsp3) is 0.500. The van der Waals surface area contributed by atoms with Crippen molar-refractivity contribution in [1.82, 2.24) is 5.32 Å². The zero-order valence-corrected chi connectivity index (χ0v) is 11.0. The Bertz CT molecular complexity index is 362. The van der Waals surface area contributed by atoms with Crippen LogP contribution in [0.3, 0.4) is 0 Å². The molecule has 0 saturated heterocycles. The van der Waals surface area contributed by atoms with Gasteiger partial charge in [-0.2, -0.15) is 0 Å². The minimum Gasteiger partial charge on any atom is -0.497 e. The van der Waals surface area contributed by atoms with Gasteiger partial charge in [-0.15, -0.1) is 0 Å². The van der Waals surface area contributed by atoms with Crippen LogP contribution in [0.15, 0.2) is 24.3 Å². The van der Waals surface area contributed by atoms with Gasteiger partial charge in [0.1, 0.15) is 11.8 Å². The third kappa shape index (κ3) is 4.37. The van der Waals surface area contributed by atoms with Gasteiger partial charge in [-0.3, -0.25) is 4.79 Å². The number of ether oxygens (including phenoxy) is 1. The number of nitrogens with one attached hydrogen (secondary N) is 1. The van der Waals surface area contributed by atoms with Gasteiger partial charge in [0, 0.05) is 0 Å². The molecule has 0 heterocycles. The van der Waals surface area contributed by atoms with E-state index in [0.29, 0.717) is 0 Å². The van der Waals surface area contributed by atoms with Gasteiger partial charge in [0.05, 0.1) is 7.11 Å². The largest absolute Gasteiger partial charge is 0.497 e. The molecule has 0 aliphatic rings. The first kappa shape index (κ1) is 14.5. The van der Waals surface area contributed by atoms with Gasteiger partial charge < -0.3 is 15.2 Å². The van der Waals surface area contributed by atoms with Crippen molar-refractivity contribution in [3.8, 4) is 5.75 Å². The third-order valence-corrected chi connectivity index (χ3v) is 2.82. The van der Waals surface area contributed by atoms with Crippen molar-refractivity contribution in [2.75, 3.05) is 13.7 Å². The Morgan fingerprint density at radius 1 is 1.33 bits per heavy atom. The van der Waals surface area contributed by atoms with E-state index in [1.807, 2.05) is 0 Å². The lowest BCUT2D eigenvalue weighted by atomic mass is 10.1. The molecule has 0 spiro atoms. The lowest BCUT2D eigenvalue weighted by Crippen LogP contribution is -2.29. The molecule has 0 fully saturated rings. The molecule has 0 saturated carbocycles. The molecule has 1 aromatic carbocycles. The second-order valence-electron chi connectivity index (χ2n) is 4.21. The molecular formula is C14H21NO3. The van der Waals surface area contributed by atoms with E-state index in [0.717, 1.165) is 37.1 Å². The van der Waals surface area contributed by atoms with Crippen molar-refractivity contribution < 1.29 is 14.6 Å². The highest BCUT2D eigenvalue weighted by Crippen LogP contribution is 2.18. The molecule has 0 aromatic heterocycles. The van der Waals surface area contributed by atoms with Gasteiger partial charge in [-0.1, -0.05) is 31.9 Å². The summed E-state index contributed by atoms with van der Waals surface area (Å²) >= 11 is 0. The number of carboxylic acids is 1. The Morgan fingerprint density at radius 3 is 2.50 bits per heavy atom. The van der Waals surface area contributed by atoms with Gasteiger partial charge in [0.15, 0.2) is 0 Å². The van der Waals surface area contributed by atoms with Crippen LogP contribution in [0.2, 0.25) is 0 Å². The fourth-order valence-electron chi connectivity index (χ4n) is 1.77. The highest BCUT2D eigenvalue weighted by Gasteiger charge is 2.18. The summed E-state index contributed by atoms with van der Waals surface area (Å²) in [7, 11) is 1.59. The van der Waals surface area contributed by atoms with Crippen LogP contribution in [0.5, 0.6) is 5.75 Å². The summed E-state index contributed by atoms with van der Waals surface area (Å²) < 4.78 is 5.05. The normalized spacial score (nSPS) is 12.1. The van der Waals surface area contributed by atoms with Gasteiger partial charge in [0.2, 0.25) is 0 Å². The Labute approximate surface area is 108 Å². The molecule has 4 heteroatoms. The number of hydrogen-bond donors (Lipinski definition) is 2. The van der Waals surface area contributed by atoms with Gasteiger partial charge in [-0.05, 0) is 30.7 Å². The van der Waals surface area contributed by atoms with E-state index in [4.69, 9.17) is 4.74 Å². The molecule has 0 aliphatic carbocycles. The van der Waals surface area contributed by atoms with Gasteiger partial charge >= 0.3 is 5.97 Å². The van der Waals surface area contributed by atoms with E-state index in [2.05, 4.69) is 12.2 Å². The van der Waals surface area contributed by atoms with Crippen molar-refractivity contribution in [2.45, 2.75) is 32.2 Å².